The van der Waals surface area contributed by atoms with E-state index in [0.717, 1.165) is 0 Å². The van der Waals surface area contributed by atoms with Crippen molar-refractivity contribution in [3.63, 3.8) is 0 Å². The van der Waals surface area contributed by atoms with Gasteiger partial charge in [0.2, 0.25) is 0 Å². The molecule has 0 saturated heterocycles. The maximum absolute atomic E-state index is 8.63. The van der Waals surface area contributed by atoms with Crippen LogP contribution in [0.3, 0.4) is 0 Å². The Morgan fingerprint density at radius 3 is 0.833 bits per heavy atom. The first kappa shape index (κ1) is 121. The molecule has 0 spiro atoms. The zero-order valence-electron chi connectivity index (χ0n) is 6.26. The van der Waals surface area contributed by atoms with Crippen LogP contribution < -0.4 is 34.5 Å². The molecule has 0 fully saturated rings. The molecule has 0 heterocycles. The van der Waals surface area contributed by atoms with Crippen LogP contribution >= 0.6 is 8.25 Å². The third-order valence-electron chi connectivity index (χ3n) is 0. The van der Waals surface area contributed by atoms with E-state index < -0.39 is 8.25 Å². The van der Waals surface area contributed by atoms with Gasteiger partial charge in [0.15, 0.2) is 0 Å². The quantitative estimate of drug-likeness (QED) is 0.313. The van der Waals surface area contributed by atoms with E-state index in [0.29, 0.717) is 0 Å². The summed E-state index contributed by atoms with van der Waals surface area (Å²) in [5.74, 6) is 0. The first-order valence-corrected chi connectivity index (χ1v) is 1.90. The molecule has 12 heteroatoms. The van der Waals surface area contributed by atoms with Crippen LogP contribution in [0.15, 0.2) is 0 Å². The summed E-state index contributed by atoms with van der Waals surface area (Å²) in [6.07, 6.45) is 0. The average molecular weight is 230 g/mol. The van der Waals surface area contributed by atoms with Crippen LogP contribution in [0.25, 0.3) is 0 Å². The van der Waals surface area contributed by atoms with E-state index in [1.165, 1.54) is 0 Å². The molecule has 0 aliphatic rings. The van der Waals surface area contributed by atoms with Crippen molar-refractivity contribution >= 4 is 8.25 Å². The Morgan fingerprint density at radius 1 is 0.833 bits per heavy atom. The third kappa shape index (κ3) is 1400. The molecule has 0 radical (unpaired) electrons. The summed E-state index contributed by atoms with van der Waals surface area (Å²) in [5, 5.41) is 0. The number of rotatable bonds is 0. The van der Waals surface area contributed by atoms with Crippen LogP contribution in [-0.4, -0.2) is 43.2 Å². The molecule has 1 unspecified atom stereocenters. The first-order valence-electron chi connectivity index (χ1n) is 0.632. The minimum Gasteiger partial charge on any atom is -0.781 e. The van der Waals surface area contributed by atoms with Gasteiger partial charge in [-0.05, 0) is 0 Å². The van der Waals surface area contributed by atoms with Gasteiger partial charge in [-0.15, -0.1) is 0 Å². The number of hydrogen-bond donors (Lipinski definition) is 1. The molecule has 0 rings (SSSR count). The minimum absolute atomic E-state index is 0. The van der Waals surface area contributed by atoms with E-state index in [1.54, 1.807) is 0 Å². The average Bonchev–Trinajstić information content (AvgIpc) is 0.811. The minimum atomic E-state index is -3.38. The first-order chi connectivity index (χ1) is 1.73. The van der Waals surface area contributed by atoms with Gasteiger partial charge < -0.3 is 52.7 Å². The molecule has 0 aromatic carbocycles. The van der Waals surface area contributed by atoms with Gasteiger partial charge in [0.25, 0.3) is 0 Å². The molecule has 0 aliphatic heterocycles. The smallest absolute Gasteiger partial charge is 0.781 e. The molecular formula is H16NaO10P. The van der Waals surface area contributed by atoms with Gasteiger partial charge in [-0.1, -0.05) is 0 Å². The van der Waals surface area contributed by atoms with Crippen molar-refractivity contribution in [1.29, 1.82) is 0 Å². The van der Waals surface area contributed by atoms with Crippen molar-refractivity contribution in [2.45, 2.75) is 0 Å². The molecule has 15 N–H and O–H groups in total. The van der Waals surface area contributed by atoms with Crippen LogP contribution in [0.5, 0.6) is 0 Å². The summed E-state index contributed by atoms with van der Waals surface area (Å²) in [7, 11) is -3.38. The second-order valence-corrected chi connectivity index (χ2v) is 0.798. The Labute approximate surface area is 90.6 Å². The predicted molar refractivity (Wildman–Crippen MR) is 36.5 cm³/mol. The maximum atomic E-state index is 8.63. The Balaban J connectivity index is -0.00000000161. The largest absolute Gasteiger partial charge is 1.00 e. The van der Waals surface area contributed by atoms with Crippen molar-refractivity contribution < 1.29 is 82.2 Å². The van der Waals surface area contributed by atoms with Crippen molar-refractivity contribution in [3.05, 3.63) is 0 Å². The zero-order chi connectivity index (χ0) is 3.58. The standard InChI is InChI=1S/Na.H3O3P.7H2O/c;1-4(2)3;;;;;;;/h;4H,(H2,1,2,3);7*1H2/q+1;;;;;;;;/p-1. The maximum Gasteiger partial charge on any atom is 1.00 e. The van der Waals surface area contributed by atoms with Crippen LogP contribution in [0.1, 0.15) is 0 Å². The fourth-order valence-corrected chi connectivity index (χ4v) is 0. The second kappa shape index (κ2) is 93.6. The molecule has 0 aromatic heterocycles. The van der Waals surface area contributed by atoms with Crippen molar-refractivity contribution in [3.8, 4) is 0 Å². The molecule has 0 saturated carbocycles. The predicted octanol–water partition coefficient (Wildman–Crippen LogP) is -10.0. The summed E-state index contributed by atoms with van der Waals surface area (Å²) in [6, 6.07) is 0. The third-order valence-corrected chi connectivity index (χ3v) is 0. The van der Waals surface area contributed by atoms with Crippen LogP contribution in [0.4, 0.5) is 0 Å². The zero-order valence-corrected chi connectivity index (χ0v) is 9.26. The van der Waals surface area contributed by atoms with Gasteiger partial charge in [-0.3, -0.25) is 0 Å². The summed E-state index contributed by atoms with van der Waals surface area (Å²) in [5.41, 5.74) is 0. The van der Waals surface area contributed by atoms with E-state index in [4.69, 9.17) is 14.4 Å². The Morgan fingerprint density at radius 2 is 0.833 bits per heavy atom. The molecule has 0 amide bonds. The molecule has 0 aromatic rings. The fraction of sp³-hybridized carbons (Fsp3) is 0. The van der Waals surface area contributed by atoms with Crippen LogP contribution in [-0.2, 0) is 4.57 Å². The molecule has 0 aliphatic carbocycles. The molecule has 0 bridgehead atoms. The molecule has 1 atom stereocenters. The van der Waals surface area contributed by atoms with E-state index in [2.05, 4.69) is 0 Å². The topological polar surface area (TPSA) is 281 Å². The van der Waals surface area contributed by atoms with E-state index >= 15 is 0 Å². The van der Waals surface area contributed by atoms with Crippen molar-refractivity contribution in [2.24, 2.45) is 0 Å². The SMILES string of the molecule is O.O.O.O.O.O.O.O=[PH]([O-])O.[Na+]. The van der Waals surface area contributed by atoms with Crippen molar-refractivity contribution in [1.82, 2.24) is 0 Å². The Bertz CT molecular complexity index is 32.8. The molecular weight excluding hydrogens is 214 g/mol. The molecule has 82 valence electrons. The van der Waals surface area contributed by atoms with Gasteiger partial charge in [0.05, 0.1) is 0 Å². The normalized spacial score (nSPS) is 5.17. The molecule has 10 nitrogen and oxygen atoms in total. The van der Waals surface area contributed by atoms with Crippen LogP contribution in [0.2, 0.25) is 0 Å². The summed E-state index contributed by atoms with van der Waals surface area (Å²) in [6.45, 7) is 0. The summed E-state index contributed by atoms with van der Waals surface area (Å²) in [4.78, 5) is 15.7. The van der Waals surface area contributed by atoms with Crippen LogP contribution in [0, 0.1) is 0 Å². The van der Waals surface area contributed by atoms with E-state index in [1.807, 2.05) is 0 Å². The molecule has 12 heavy (non-hydrogen) atoms. The van der Waals surface area contributed by atoms with E-state index in [9.17, 15) is 0 Å². The summed E-state index contributed by atoms with van der Waals surface area (Å²) < 4.78 is 8.63. The number of hydrogen-bond acceptors (Lipinski definition) is 2. The van der Waals surface area contributed by atoms with Gasteiger partial charge in [0.1, 0.15) is 8.25 Å². The van der Waals surface area contributed by atoms with Crippen molar-refractivity contribution in [2.75, 3.05) is 0 Å². The second-order valence-electron chi connectivity index (χ2n) is 0.266. The van der Waals surface area contributed by atoms with Gasteiger partial charge in [0, 0.05) is 0 Å². The Kier molecular flexibility index (Phi) is 945. The van der Waals surface area contributed by atoms with Gasteiger partial charge in [-0.25, -0.2) is 0 Å². The summed E-state index contributed by atoms with van der Waals surface area (Å²) >= 11 is 0. The van der Waals surface area contributed by atoms with E-state index in [-0.39, 0.29) is 67.9 Å². The monoisotopic (exact) mass is 230 g/mol. The van der Waals surface area contributed by atoms with Gasteiger partial charge in [-0.2, -0.15) is 0 Å². The fourth-order valence-electron chi connectivity index (χ4n) is 0. The van der Waals surface area contributed by atoms with Gasteiger partial charge >= 0.3 is 29.6 Å². The Hall–Kier alpha value is 0.870.